The molecule has 0 aromatic carbocycles. The summed E-state index contributed by atoms with van der Waals surface area (Å²) in [7, 11) is 0. The van der Waals surface area contributed by atoms with E-state index in [1.54, 1.807) is 6.07 Å². The van der Waals surface area contributed by atoms with Crippen LogP contribution < -0.4 is 15.4 Å². The predicted octanol–water partition coefficient (Wildman–Crippen LogP) is 1.94. The van der Waals surface area contributed by atoms with E-state index in [9.17, 15) is 10.1 Å². The summed E-state index contributed by atoms with van der Waals surface area (Å²) in [5, 5.41) is 9.37. The van der Waals surface area contributed by atoms with E-state index in [0.717, 1.165) is 62.6 Å². The van der Waals surface area contributed by atoms with Gasteiger partial charge >= 0.3 is 0 Å². The summed E-state index contributed by atoms with van der Waals surface area (Å²) >= 11 is 0. The number of rotatable bonds is 3. The van der Waals surface area contributed by atoms with Gasteiger partial charge in [-0.15, -0.1) is 0 Å². The first-order valence-electron chi connectivity index (χ1n) is 9.13. The standard InChI is InChI=1S/C19H22N6O/c1-13-4-5-14(11-20)18(21-13)25-9-6-15(12-25)16-10-17(26)23-19(22-16)24-7-2-3-8-24/h4-5,10,15H,2-3,6-9,12H2,1H3,(H,22,23,26). The molecule has 7 nitrogen and oxygen atoms in total. The number of hydrogen-bond donors (Lipinski definition) is 1. The molecule has 2 saturated heterocycles. The normalized spacial score (nSPS) is 19.8. The van der Waals surface area contributed by atoms with Gasteiger partial charge in [0.1, 0.15) is 11.9 Å². The van der Waals surface area contributed by atoms with Crippen LogP contribution in [0.5, 0.6) is 0 Å². The van der Waals surface area contributed by atoms with Crippen LogP contribution in [0, 0.1) is 18.3 Å². The molecule has 2 aliphatic rings. The van der Waals surface area contributed by atoms with Crippen molar-refractivity contribution >= 4 is 11.8 Å². The fourth-order valence-electron chi connectivity index (χ4n) is 3.82. The SMILES string of the molecule is Cc1ccc(C#N)c(N2CCC(c3cc(=O)[nH]c(N4CCCC4)n3)C2)n1. The van der Waals surface area contributed by atoms with Crippen molar-refractivity contribution in [3.05, 3.63) is 45.5 Å². The number of aromatic amines is 1. The quantitative estimate of drug-likeness (QED) is 0.910. The highest BCUT2D eigenvalue weighted by Gasteiger charge is 2.28. The zero-order chi connectivity index (χ0) is 18.1. The molecule has 0 radical (unpaired) electrons. The third-order valence-corrected chi connectivity index (χ3v) is 5.20. The molecule has 0 saturated carbocycles. The summed E-state index contributed by atoms with van der Waals surface area (Å²) < 4.78 is 0. The van der Waals surface area contributed by atoms with E-state index in [-0.39, 0.29) is 11.5 Å². The highest BCUT2D eigenvalue weighted by molar-refractivity contribution is 5.55. The van der Waals surface area contributed by atoms with E-state index >= 15 is 0 Å². The molecule has 2 aromatic rings. The summed E-state index contributed by atoms with van der Waals surface area (Å²) in [4.78, 5) is 28.6. The van der Waals surface area contributed by atoms with Gasteiger partial charge in [0, 0.05) is 43.9 Å². The zero-order valence-corrected chi connectivity index (χ0v) is 14.9. The smallest absolute Gasteiger partial charge is 0.252 e. The minimum absolute atomic E-state index is 0.0956. The molecule has 134 valence electrons. The third kappa shape index (κ3) is 3.15. The molecule has 2 aliphatic heterocycles. The summed E-state index contributed by atoms with van der Waals surface area (Å²) in [6.07, 6.45) is 3.18. The highest BCUT2D eigenvalue weighted by atomic mass is 16.1. The number of anilines is 2. The Labute approximate surface area is 152 Å². The average Bonchev–Trinajstić information content (AvgIpc) is 3.33. The Morgan fingerprint density at radius 3 is 2.77 bits per heavy atom. The second-order valence-corrected chi connectivity index (χ2v) is 7.06. The minimum atomic E-state index is -0.0956. The van der Waals surface area contributed by atoms with Crippen LogP contribution >= 0.6 is 0 Å². The van der Waals surface area contributed by atoms with Gasteiger partial charge in [-0.2, -0.15) is 5.26 Å². The second-order valence-electron chi connectivity index (χ2n) is 7.06. The average molecular weight is 350 g/mol. The molecule has 2 aromatic heterocycles. The number of aryl methyl sites for hydroxylation is 1. The minimum Gasteiger partial charge on any atom is -0.355 e. The lowest BCUT2D eigenvalue weighted by atomic mass is 10.1. The van der Waals surface area contributed by atoms with Crippen LogP contribution in [0.25, 0.3) is 0 Å². The van der Waals surface area contributed by atoms with Gasteiger partial charge in [-0.25, -0.2) is 9.97 Å². The fourth-order valence-corrected chi connectivity index (χ4v) is 3.82. The van der Waals surface area contributed by atoms with Crippen LogP contribution in [0.2, 0.25) is 0 Å². The molecule has 26 heavy (non-hydrogen) atoms. The summed E-state index contributed by atoms with van der Waals surface area (Å²) in [5.74, 6) is 1.60. The van der Waals surface area contributed by atoms with Gasteiger partial charge in [-0.3, -0.25) is 9.78 Å². The lowest BCUT2D eigenvalue weighted by molar-refractivity contribution is 0.728. The first-order chi connectivity index (χ1) is 12.6. The van der Waals surface area contributed by atoms with Crippen molar-refractivity contribution < 1.29 is 0 Å². The molecule has 0 bridgehead atoms. The maximum atomic E-state index is 12.1. The van der Waals surface area contributed by atoms with Gasteiger partial charge < -0.3 is 9.80 Å². The van der Waals surface area contributed by atoms with Crippen LogP contribution in [0.1, 0.15) is 42.1 Å². The molecule has 4 rings (SSSR count). The molecule has 1 N–H and O–H groups in total. The van der Waals surface area contributed by atoms with Gasteiger partial charge in [0.15, 0.2) is 0 Å². The Balaban J connectivity index is 1.59. The Kier molecular flexibility index (Phi) is 4.33. The Bertz CT molecular complexity index is 909. The van der Waals surface area contributed by atoms with E-state index in [4.69, 9.17) is 4.98 Å². The molecular weight excluding hydrogens is 328 g/mol. The van der Waals surface area contributed by atoms with Crippen LogP contribution in [0.4, 0.5) is 11.8 Å². The molecular formula is C19H22N6O. The van der Waals surface area contributed by atoms with Crippen molar-refractivity contribution in [3.63, 3.8) is 0 Å². The summed E-state index contributed by atoms with van der Waals surface area (Å²) in [6.45, 7) is 5.35. The first kappa shape index (κ1) is 16.6. The number of aromatic nitrogens is 3. The molecule has 4 heterocycles. The monoisotopic (exact) mass is 350 g/mol. The largest absolute Gasteiger partial charge is 0.355 e. The third-order valence-electron chi connectivity index (χ3n) is 5.20. The number of nitrogens with zero attached hydrogens (tertiary/aromatic N) is 5. The van der Waals surface area contributed by atoms with Gasteiger partial charge in [0.25, 0.3) is 5.56 Å². The summed E-state index contributed by atoms with van der Waals surface area (Å²) in [6, 6.07) is 7.52. The number of nitriles is 1. The van der Waals surface area contributed by atoms with Crippen molar-refractivity contribution in [2.45, 2.75) is 32.1 Å². The predicted molar refractivity (Wildman–Crippen MR) is 99.6 cm³/mol. The van der Waals surface area contributed by atoms with E-state index in [0.29, 0.717) is 11.5 Å². The van der Waals surface area contributed by atoms with Crippen molar-refractivity contribution in [1.82, 2.24) is 15.0 Å². The summed E-state index contributed by atoms with van der Waals surface area (Å²) in [5.41, 5.74) is 2.23. The Hall–Kier alpha value is -2.88. The number of pyridine rings is 1. The topological polar surface area (TPSA) is 88.9 Å². The van der Waals surface area contributed by atoms with Crippen LogP contribution in [0.15, 0.2) is 23.0 Å². The van der Waals surface area contributed by atoms with Gasteiger partial charge in [-0.1, -0.05) is 0 Å². The van der Waals surface area contributed by atoms with Crippen molar-refractivity contribution in [1.29, 1.82) is 5.26 Å². The van der Waals surface area contributed by atoms with Crippen LogP contribution in [0.3, 0.4) is 0 Å². The fraction of sp³-hybridized carbons (Fsp3) is 0.474. The molecule has 0 amide bonds. The van der Waals surface area contributed by atoms with Gasteiger partial charge in [0.05, 0.1) is 11.3 Å². The molecule has 0 spiro atoms. The van der Waals surface area contributed by atoms with E-state index in [2.05, 4.69) is 25.8 Å². The number of hydrogen-bond acceptors (Lipinski definition) is 6. The van der Waals surface area contributed by atoms with Gasteiger partial charge in [-0.05, 0) is 38.3 Å². The van der Waals surface area contributed by atoms with E-state index < -0.39 is 0 Å². The lowest BCUT2D eigenvalue weighted by Crippen LogP contribution is -2.26. The van der Waals surface area contributed by atoms with Crippen LogP contribution in [-0.4, -0.2) is 41.1 Å². The highest BCUT2D eigenvalue weighted by Crippen LogP contribution is 2.31. The number of nitrogens with one attached hydrogen (secondary N) is 1. The molecule has 1 atom stereocenters. The molecule has 1 unspecified atom stereocenters. The van der Waals surface area contributed by atoms with Crippen molar-refractivity contribution in [2.24, 2.45) is 0 Å². The Morgan fingerprint density at radius 1 is 1.19 bits per heavy atom. The zero-order valence-electron chi connectivity index (χ0n) is 14.9. The van der Waals surface area contributed by atoms with E-state index in [1.165, 1.54) is 0 Å². The first-order valence-corrected chi connectivity index (χ1v) is 9.13. The van der Waals surface area contributed by atoms with Gasteiger partial charge in [0.2, 0.25) is 5.95 Å². The Morgan fingerprint density at radius 2 is 2.00 bits per heavy atom. The second kappa shape index (κ2) is 6.79. The molecule has 0 aliphatic carbocycles. The van der Waals surface area contributed by atoms with Crippen molar-refractivity contribution in [2.75, 3.05) is 36.0 Å². The maximum absolute atomic E-state index is 12.1. The number of H-pyrrole nitrogens is 1. The lowest BCUT2D eigenvalue weighted by Gasteiger charge is -2.20. The maximum Gasteiger partial charge on any atom is 0.252 e. The molecule has 2 fully saturated rings. The van der Waals surface area contributed by atoms with Crippen molar-refractivity contribution in [3.8, 4) is 6.07 Å². The van der Waals surface area contributed by atoms with Crippen LogP contribution in [-0.2, 0) is 0 Å². The molecule has 7 heteroatoms. The van der Waals surface area contributed by atoms with E-state index in [1.807, 2.05) is 19.1 Å².